The number of fused-ring (bicyclic) bond motifs is 6. The minimum atomic E-state index is -0.943. The molecule has 5 aliphatic heterocycles. The SMILES string of the molecule is COc1cc2c(cc1OCCCCCOc1cc3c(cc1OC)C(=O)N1Cc4cc(NC(=O)[C@H](C)NC(=O)C(NC(=O)CCCCCN5C(=O)C=CC5=O)C(C)C)ccc4C[C@H]1C=N3)N=C[C@@H]1Cc3ccccc3CN1C2=O. The van der Waals surface area contributed by atoms with Crippen molar-refractivity contribution in [3.05, 3.63) is 112 Å². The molecule has 408 valence electrons. The first-order chi connectivity index (χ1) is 37.7. The Kier molecular flexibility index (Phi) is 17.0. The number of benzene rings is 4. The van der Waals surface area contributed by atoms with Crippen molar-refractivity contribution in [2.24, 2.45) is 15.9 Å². The summed E-state index contributed by atoms with van der Waals surface area (Å²) in [5, 5.41) is 8.42. The number of nitrogens with one attached hydrogen (secondary N) is 3. The van der Waals surface area contributed by atoms with Crippen LogP contribution in [0.25, 0.3) is 0 Å². The van der Waals surface area contributed by atoms with Gasteiger partial charge in [0.2, 0.25) is 17.7 Å². The van der Waals surface area contributed by atoms with E-state index in [-0.39, 0.29) is 67.0 Å². The van der Waals surface area contributed by atoms with Crippen LogP contribution >= 0.6 is 0 Å². The summed E-state index contributed by atoms with van der Waals surface area (Å²) in [5.74, 6) is -0.664. The predicted octanol–water partition coefficient (Wildman–Crippen LogP) is 6.97. The largest absolute Gasteiger partial charge is 0.493 e. The molecule has 9 rings (SSSR count). The number of hydrogen-bond donors (Lipinski definition) is 3. The van der Waals surface area contributed by atoms with E-state index in [1.165, 1.54) is 29.7 Å². The highest BCUT2D eigenvalue weighted by Crippen LogP contribution is 2.41. The Hall–Kier alpha value is -8.35. The monoisotopic (exact) mass is 1060 g/mol. The van der Waals surface area contributed by atoms with Gasteiger partial charge in [0.05, 0.1) is 62.0 Å². The van der Waals surface area contributed by atoms with Gasteiger partial charge < -0.3 is 44.7 Å². The maximum absolute atomic E-state index is 14.3. The second-order valence-electron chi connectivity index (χ2n) is 20.5. The van der Waals surface area contributed by atoms with Crippen LogP contribution in [0.1, 0.15) is 109 Å². The van der Waals surface area contributed by atoms with E-state index in [0.717, 1.165) is 29.5 Å². The van der Waals surface area contributed by atoms with E-state index < -0.39 is 23.9 Å². The van der Waals surface area contributed by atoms with Crippen molar-refractivity contribution in [1.82, 2.24) is 25.3 Å². The van der Waals surface area contributed by atoms with Crippen molar-refractivity contribution >= 4 is 70.8 Å². The topological polar surface area (TPSA) is 227 Å². The average Bonchev–Trinajstić information content (AvgIpc) is 3.69. The molecule has 7 amide bonds. The predicted molar refractivity (Wildman–Crippen MR) is 292 cm³/mol. The van der Waals surface area contributed by atoms with Gasteiger partial charge in [-0.1, -0.05) is 50.6 Å². The van der Waals surface area contributed by atoms with Crippen molar-refractivity contribution in [2.75, 3.05) is 39.3 Å². The van der Waals surface area contributed by atoms with Gasteiger partial charge in [0.15, 0.2) is 23.0 Å². The number of aliphatic imine (C=N–C) groups is 2. The summed E-state index contributed by atoms with van der Waals surface area (Å²) < 4.78 is 23.8. The number of rotatable bonds is 22. The number of carbonyl (C=O) groups is 7. The van der Waals surface area contributed by atoms with E-state index in [4.69, 9.17) is 28.9 Å². The Morgan fingerprint density at radius 3 is 1.74 bits per heavy atom. The van der Waals surface area contributed by atoms with Crippen LogP contribution in [0.15, 0.2) is 88.9 Å². The molecule has 1 unspecified atom stereocenters. The zero-order chi connectivity index (χ0) is 55.0. The Bertz CT molecular complexity index is 3080. The van der Waals surface area contributed by atoms with Gasteiger partial charge in [0.1, 0.15) is 12.1 Å². The third-order valence-corrected chi connectivity index (χ3v) is 14.8. The van der Waals surface area contributed by atoms with Crippen molar-refractivity contribution in [3.8, 4) is 23.0 Å². The Balaban J connectivity index is 0.732. The van der Waals surface area contributed by atoms with Crippen molar-refractivity contribution in [1.29, 1.82) is 0 Å². The molecule has 0 saturated heterocycles. The molecule has 4 atom stereocenters. The molecular weight excluding hydrogens is 997 g/mol. The van der Waals surface area contributed by atoms with Crippen LogP contribution in [0.4, 0.5) is 17.1 Å². The van der Waals surface area contributed by atoms with Crippen molar-refractivity contribution in [3.63, 3.8) is 0 Å². The lowest BCUT2D eigenvalue weighted by atomic mass is 9.93. The molecule has 0 spiro atoms. The number of amides is 7. The summed E-state index contributed by atoms with van der Waals surface area (Å²) in [6, 6.07) is 18.4. The van der Waals surface area contributed by atoms with Crippen LogP contribution in [-0.2, 0) is 49.9 Å². The first-order valence-corrected chi connectivity index (χ1v) is 26.7. The molecule has 0 bridgehead atoms. The van der Waals surface area contributed by atoms with Gasteiger partial charge in [-0.3, -0.25) is 48.4 Å². The minimum Gasteiger partial charge on any atom is -0.493 e. The number of methoxy groups -OCH3 is 2. The minimum absolute atomic E-state index is 0.0885. The molecule has 0 saturated carbocycles. The molecule has 5 heterocycles. The lowest BCUT2D eigenvalue weighted by molar-refractivity contribution is -0.137. The molecule has 0 fully saturated rings. The smallest absolute Gasteiger partial charge is 0.257 e. The molecule has 3 N–H and O–H groups in total. The molecule has 0 aliphatic carbocycles. The maximum atomic E-state index is 14.3. The van der Waals surface area contributed by atoms with Gasteiger partial charge in [0, 0.05) is 68.5 Å². The van der Waals surface area contributed by atoms with Gasteiger partial charge in [-0.05, 0) is 104 Å². The molecule has 5 aliphatic rings. The number of ether oxygens (including phenoxy) is 4. The van der Waals surface area contributed by atoms with Gasteiger partial charge in [-0.2, -0.15) is 0 Å². The average molecular weight is 1060 g/mol. The highest BCUT2D eigenvalue weighted by Gasteiger charge is 2.36. The molecular formula is C59H66N8O11. The van der Waals surface area contributed by atoms with Crippen molar-refractivity contribution < 1.29 is 52.5 Å². The number of imide groups is 1. The summed E-state index contributed by atoms with van der Waals surface area (Å²) in [6.45, 7) is 7.03. The lowest BCUT2D eigenvalue weighted by Crippen LogP contribution is -2.53. The summed E-state index contributed by atoms with van der Waals surface area (Å²) in [6.07, 6.45) is 11.4. The fourth-order valence-electron chi connectivity index (χ4n) is 10.3. The van der Waals surface area contributed by atoms with E-state index in [2.05, 4.69) is 28.1 Å². The quantitative estimate of drug-likeness (QED) is 0.0538. The van der Waals surface area contributed by atoms with Crippen molar-refractivity contribution in [2.45, 2.75) is 116 Å². The molecule has 0 radical (unpaired) electrons. The molecule has 19 nitrogen and oxygen atoms in total. The highest BCUT2D eigenvalue weighted by atomic mass is 16.5. The summed E-state index contributed by atoms with van der Waals surface area (Å²) >= 11 is 0. The van der Waals surface area contributed by atoms with Crippen LogP contribution < -0.4 is 34.9 Å². The maximum Gasteiger partial charge on any atom is 0.257 e. The van der Waals surface area contributed by atoms with E-state index in [0.29, 0.717) is 109 Å². The molecule has 0 aromatic heterocycles. The molecule has 19 heteroatoms. The third-order valence-electron chi connectivity index (χ3n) is 14.8. The fourth-order valence-corrected chi connectivity index (χ4v) is 10.3. The standard InChI is InChI=1S/C59H66N8O11/c1-35(2)55(64-52(68)16-8-6-11-21-65-53(69)19-20-54(65)70)57(72)62-36(3)56(71)63-41-18-17-38-26-43-32-61-47-30-51(49(76-5)28-45(47)59(74)67(43)34-40(38)24-41)78-23-13-7-12-22-77-50-29-46-44(27-48(50)75-4)58(73)66-33-39-15-10-9-14-37(39)25-42(66)31-60-46/h9-10,14-15,17-20,24,27-32,35-36,42-43,55H,6-8,11-13,16,21-23,25-26,33-34H2,1-5H3,(H,62,72)(H,63,71)(H,64,68)/t36-,42-,43-,55?/m0/s1. The number of anilines is 1. The third kappa shape index (κ3) is 12.2. The number of unbranched alkanes of at least 4 members (excludes halogenated alkanes) is 4. The first kappa shape index (κ1) is 54.4. The first-order valence-electron chi connectivity index (χ1n) is 26.7. The fraction of sp³-hybridized carbons (Fsp3) is 0.407. The van der Waals surface area contributed by atoms with Gasteiger partial charge in [-0.25, -0.2) is 0 Å². The van der Waals surface area contributed by atoms with Gasteiger partial charge in [-0.15, -0.1) is 0 Å². The Morgan fingerprint density at radius 1 is 0.615 bits per heavy atom. The van der Waals surface area contributed by atoms with E-state index >= 15 is 0 Å². The number of carbonyl (C=O) groups excluding carboxylic acids is 7. The summed E-state index contributed by atoms with van der Waals surface area (Å²) in [7, 11) is 3.08. The van der Waals surface area contributed by atoms with Crippen LogP contribution in [0, 0.1) is 5.92 Å². The van der Waals surface area contributed by atoms with Gasteiger partial charge in [0.25, 0.3) is 23.6 Å². The van der Waals surface area contributed by atoms with Gasteiger partial charge >= 0.3 is 0 Å². The van der Waals surface area contributed by atoms with E-state index in [1.54, 1.807) is 69.3 Å². The molecule has 4 aromatic rings. The lowest BCUT2D eigenvalue weighted by Gasteiger charge is -2.34. The molecule has 78 heavy (non-hydrogen) atoms. The highest BCUT2D eigenvalue weighted by molar-refractivity contribution is 6.13. The van der Waals surface area contributed by atoms with E-state index in [1.807, 2.05) is 35.4 Å². The number of hydrogen-bond acceptors (Lipinski definition) is 13. The molecule has 4 aromatic carbocycles. The normalized spacial score (nSPS) is 17.6. The summed E-state index contributed by atoms with van der Waals surface area (Å²) in [4.78, 5) is 105. The second-order valence-corrected chi connectivity index (χ2v) is 20.5. The zero-order valence-electron chi connectivity index (χ0n) is 44.7. The second kappa shape index (κ2) is 24.3. The van der Waals surface area contributed by atoms with E-state index in [9.17, 15) is 33.6 Å². The zero-order valence-corrected chi connectivity index (χ0v) is 44.7. The van der Waals surface area contributed by atoms with Crippen LogP contribution in [0.2, 0.25) is 0 Å². The Labute approximate surface area is 453 Å². The number of nitrogens with zero attached hydrogens (tertiary/aromatic N) is 5. The Morgan fingerprint density at radius 2 is 1.17 bits per heavy atom. The van der Waals surface area contributed by atoms with Crippen LogP contribution in [0.5, 0.6) is 23.0 Å². The van der Waals surface area contributed by atoms with Crippen LogP contribution in [-0.4, -0.2) is 127 Å². The summed E-state index contributed by atoms with van der Waals surface area (Å²) in [5.41, 5.74) is 6.59. The van der Waals surface area contributed by atoms with Crippen LogP contribution in [0.3, 0.4) is 0 Å².